The number of ether oxygens (including phenoxy) is 1. The van der Waals surface area contributed by atoms with Crippen LogP contribution in [0.5, 0.6) is 0 Å². The van der Waals surface area contributed by atoms with E-state index in [-0.39, 0.29) is 35.9 Å². The van der Waals surface area contributed by atoms with Gasteiger partial charge in [-0.1, -0.05) is 6.07 Å². The first-order chi connectivity index (χ1) is 14.1. The molecule has 2 fully saturated rings. The number of guanidine groups is 1. The Kier molecular flexibility index (Phi) is 10.6. The topological polar surface area (TPSA) is 60.3 Å². The highest BCUT2D eigenvalue weighted by atomic mass is 127. The second-order valence-electron chi connectivity index (χ2n) is 8.11. The quantitative estimate of drug-likeness (QED) is 0.221. The molecule has 1 aromatic rings. The monoisotopic (exact) mass is 534 g/mol. The van der Waals surface area contributed by atoms with Crippen molar-refractivity contribution in [1.29, 1.82) is 0 Å². The molecule has 0 spiro atoms. The molecule has 8 heteroatoms. The van der Waals surface area contributed by atoms with Gasteiger partial charge < -0.3 is 25.0 Å². The van der Waals surface area contributed by atoms with Gasteiger partial charge in [0.25, 0.3) is 0 Å². The fourth-order valence-corrected chi connectivity index (χ4v) is 3.49. The Balaban J connectivity index is 0.00000320. The number of hydrogen-bond donors (Lipinski definition) is 2. The van der Waals surface area contributed by atoms with Crippen LogP contribution in [0.4, 0.5) is 10.1 Å². The number of rotatable bonds is 9. The number of likely N-dealkylation sites (N-methyl/N-ethyl adjacent to an activating group) is 1. The van der Waals surface area contributed by atoms with Crippen LogP contribution in [0.2, 0.25) is 0 Å². The molecule has 2 aliphatic rings. The van der Waals surface area contributed by atoms with Crippen molar-refractivity contribution in [2.24, 2.45) is 10.9 Å². The molecule has 3 rings (SSSR count). The minimum Gasteiger partial charge on any atom is -0.393 e. The van der Waals surface area contributed by atoms with E-state index in [1.807, 2.05) is 31.0 Å². The summed E-state index contributed by atoms with van der Waals surface area (Å²) in [7, 11) is 2.00. The minimum atomic E-state index is -0.261. The van der Waals surface area contributed by atoms with Crippen LogP contribution in [0.25, 0.3) is 0 Å². The molecule has 1 aliphatic carbocycles. The molecule has 0 amide bonds. The van der Waals surface area contributed by atoms with E-state index in [1.54, 1.807) is 6.07 Å². The average Bonchev–Trinajstić information content (AvgIpc) is 3.54. The molecular formula is C22H36FIN4O2. The molecule has 1 saturated heterocycles. The Morgan fingerprint density at radius 2 is 2.03 bits per heavy atom. The Bertz CT molecular complexity index is 679. The summed E-state index contributed by atoms with van der Waals surface area (Å²) in [5, 5.41) is 12.9. The Labute approximate surface area is 196 Å². The molecule has 170 valence electrons. The minimum absolute atomic E-state index is 0. The third-order valence-corrected chi connectivity index (χ3v) is 5.55. The van der Waals surface area contributed by atoms with Crippen molar-refractivity contribution in [3.63, 3.8) is 0 Å². The predicted octanol–water partition coefficient (Wildman–Crippen LogP) is 3.23. The average molecular weight is 534 g/mol. The maximum absolute atomic E-state index is 14.6. The summed E-state index contributed by atoms with van der Waals surface area (Å²) in [5.74, 6) is 1.35. The van der Waals surface area contributed by atoms with E-state index >= 15 is 0 Å². The molecule has 6 nitrogen and oxygen atoms in total. The molecule has 0 unspecified atom stereocenters. The molecule has 1 aliphatic heterocycles. The van der Waals surface area contributed by atoms with Crippen LogP contribution in [0.15, 0.2) is 23.2 Å². The van der Waals surface area contributed by atoms with Gasteiger partial charge in [-0.15, -0.1) is 24.0 Å². The molecule has 1 aromatic carbocycles. The predicted molar refractivity (Wildman–Crippen MR) is 130 cm³/mol. The summed E-state index contributed by atoms with van der Waals surface area (Å²) in [5.41, 5.74) is 1.46. The largest absolute Gasteiger partial charge is 0.393 e. The lowest BCUT2D eigenvalue weighted by molar-refractivity contribution is 0.115. The van der Waals surface area contributed by atoms with Crippen LogP contribution in [0.1, 0.15) is 38.2 Å². The number of anilines is 1. The zero-order valence-electron chi connectivity index (χ0n) is 18.1. The second kappa shape index (κ2) is 12.7. The number of aliphatic hydroxyl groups excluding tert-OH is 1. The number of nitrogens with zero attached hydrogens (tertiary/aromatic N) is 3. The highest BCUT2D eigenvalue weighted by molar-refractivity contribution is 14.0. The van der Waals surface area contributed by atoms with Crippen molar-refractivity contribution in [3.05, 3.63) is 29.6 Å². The van der Waals surface area contributed by atoms with Crippen LogP contribution in [-0.2, 0) is 11.3 Å². The number of piperidine rings is 1. The summed E-state index contributed by atoms with van der Waals surface area (Å²) in [6.07, 6.45) is 3.72. The Morgan fingerprint density at radius 3 is 2.67 bits per heavy atom. The molecule has 0 aromatic heterocycles. The molecule has 0 atom stereocenters. The lowest BCUT2D eigenvalue weighted by atomic mass is 10.1. The summed E-state index contributed by atoms with van der Waals surface area (Å²) < 4.78 is 20.4. The lowest BCUT2D eigenvalue weighted by Gasteiger charge is -2.31. The number of aliphatic imine (C=N–C) groups is 1. The number of halogens is 2. The second-order valence-corrected chi connectivity index (χ2v) is 8.11. The summed E-state index contributed by atoms with van der Waals surface area (Å²) >= 11 is 0. The zero-order valence-corrected chi connectivity index (χ0v) is 20.5. The number of benzene rings is 1. The van der Waals surface area contributed by atoms with Crippen molar-refractivity contribution in [2.45, 2.75) is 45.3 Å². The van der Waals surface area contributed by atoms with E-state index in [0.29, 0.717) is 44.8 Å². The smallest absolute Gasteiger partial charge is 0.194 e. The van der Waals surface area contributed by atoms with Crippen molar-refractivity contribution in [1.82, 2.24) is 10.2 Å². The SMILES string of the molecule is CCNC(=NCc1ccc(N2CCC(O)CC2)c(F)c1)N(C)CCOCC1CC1.I. The van der Waals surface area contributed by atoms with E-state index in [4.69, 9.17) is 4.74 Å². The van der Waals surface area contributed by atoms with Gasteiger partial charge in [-0.05, 0) is 56.2 Å². The van der Waals surface area contributed by atoms with E-state index in [1.165, 1.54) is 12.8 Å². The summed E-state index contributed by atoms with van der Waals surface area (Å²) in [4.78, 5) is 8.73. The molecular weight excluding hydrogens is 498 g/mol. The first kappa shape index (κ1) is 25.1. The van der Waals surface area contributed by atoms with Gasteiger partial charge in [0.15, 0.2) is 5.96 Å². The zero-order chi connectivity index (χ0) is 20.6. The summed E-state index contributed by atoms with van der Waals surface area (Å²) in [6, 6.07) is 5.35. The van der Waals surface area contributed by atoms with Gasteiger partial charge in [0.2, 0.25) is 0 Å². The number of hydrogen-bond acceptors (Lipinski definition) is 4. The maximum Gasteiger partial charge on any atom is 0.194 e. The van der Waals surface area contributed by atoms with E-state index < -0.39 is 0 Å². The van der Waals surface area contributed by atoms with Gasteiger partial charge in [-0.25, -0.2) is 9.38 Å². The van der Waals surface area contributed by atoms with Crippen molar-refractivity contribution in [2.75, 3.05) is 51.3 Å². The molecule has 1 saturated carbocycles. The highest BCUT2D eigenvalue weighted by Gasteiger charge is 2.21. The first-order valence-corrected chi connectivity index (χ1v) is 10.9. The molecule has 1 heterocycles. The van der Waals surface area contributed by atoms with Gasteiger partial charge in [0.1, 0.15) is 5.82 Å². The fourth-order valence-electron chi connectivity index (χ4n) is 3.49. The van der Waals surface area contributed by atoms with E-state index in [0.717, 1.165) is 37.1 Å². The van der Waals surface area contributed by atoms with E-state index in [2.05, 4.69) is 15.2 Å². The third kappa shape index (κ3) is 7.85. The van der Waals surface area contributed by atoms with Crippen molar-refractivity contribution >= 4 is 35.6 Å². The van der Waals surface area contributed by atoms with Crippen LogP contribution in [0, 0.1) is 11.7 Å². The van der Waals surface area contributed by atoms with Gasteiger partial charge in [-0.3, -0.25) is 0 Å². The van der Waals surface area contributed by atoms with Gasteiger partial charge >= 0.3 is 0 Å². The Hall–Kier alpha value is -1.13. The van der Waals surface area contributed by atoms with Gasteiger partial charge in [-0.2, -0.15) is 0 Å². The summed E-state index contributed by atoms with van der Waals surface area (Å²) in [6.45, 7) is 6.94. The first-order valence-electron chi connectivity index (χ1n) is 10.9. The lowest BCUT2D eigenvalue weighted by Crippen LogP contribution is -2.40. The molecule has 0 bridgehead atoms. The van der Waals surface area contributed by atoms with Crippen molar-refractivity contribution < 1.29 is 14.2 Å². The van der Waals surface area contributed by atoms with Crippen LogP contribution in [0.3, 0.4) is 0 Å². The fraction of sp³-hybridized carbons (Fsp3) is 0.682. The highest BCUT2D eigenvalue weighted by Crippen LogP contribution is 2.28. The number of aliphatic hydroxyl groups is 1. The van der Waals surface area contributed by atoms with Crippen LogP contribution >= 0.6 is 24.0 Å². The molecule has 2 N–H and O–H groups in total. The number of nitrogens with one attached hydrogen (secondary N) is 1. The van der Waals surface area contributed by atoms with Crippen LogP contribution < -0.4 is 10.2 Å². The normalized spacial score (nSPS) is 17.6. The Morgan fingerprint density at radius 1 is 1.30 bits per heavy atom. The molecule has 30 heavy (non-hydrogen) atoms. The molecule has 0 radical (unpaired) electrons. The van der Waals surface area contributed by atoms with Crippen LogP contribution in [-0.4, -0.2) is 68.5 Å². The maximum atomic E-state index is 14.6. The van der Waals surface area contributed by atoms with Gasteiger partial charge in [0.05, 0.1) is 24.9 Å². The van der Waals surface area contributed by atoms with E-state index in [9.17, 15) is 9.50 Å². The van der Waals surface area contributed by atoms with Crippen molar-refractivity contribution in [3.8, 4) is 0 Å². The standard InChI is InChI=1S/C22H35FN4O2.HI/c1-3-24-22(26(2)12-13-29-16-17-4-5-17)25-15-18-6-7-21(20(23)14-18)27-10-8-19(28)9-11-27;/h6-7,14,17,19,28H,3-5,8-13,15-16H2,1-2H3,(H,24,25);1H. The van der Waals surface area contributed by atoms with Gasteiger partial charge in [0, 0.05) is 39.8 Å². The third-order valence-electron chi connectivity index (χ3n) is 5.55.